The summed E-state index contributed by atoms with van der Waals surface area (Å²) < 4.78 is 5.50. The quantitative estimate of drug-likeness (QED) is 0.441. The lowest BCUT2D eigenvalue weighted by atomic mass is 9.67. The second-order valence-electron chi connectivity index (χ2n) is 6.19. The fourth-order valence-electron chi connectivity index (χ4n) is 3.92. The van der Waals surface area contributed by atoms with E-state index >= 15 is 0 Å². The summed E-state index contributed by atoms with van der Waals surface area (Å²) in [7, 11) is 1.88. The minimum absolute atomic E-state index is 0.0118. The number of nitrogens with one attached hydrogen (secondary N) is 2. The summed E-state index contributed by atoms with van der Waals surface area (Å²) in [5.41, 5.74) is 6.23. The number of cyclic esters (lactones) is 1. The number of fused-ring (bicyclic) bond motifs is 1. The van der Waals surface area contributed by atoms with Gasteiger partial charge in [0.2, 0.25) is 0 Å². The molecule has 4 heteroatoms. The van der Waals surface area contributed by atoms with E-state index in [0.29, 0.717) is 0 Å². The lowest BCUT2D eigenvalue weighted by molar-refractivity contribution is -0.144. The Morgan fingerprint density at radius 3 is 2.84 bits per heavy atom. The van der Waals surface area contributed by atoms with Gasteiger partial charge in [-0.25, -0.2) is 5.43 Å². The van der Waals surface area contributed by atoms with Crippen molar-refractivity contribution in [2.45, 2.75) is 70.4 Å². The standard InChI is InChI=1S/C15H28N2O2/c1-4-5-6-7-12-8-9-13-14(18)19-11(2)15(13,10-12)17-16-3/h11-13,16-17H,4-10H2,1-3H3/t11-,12?,13+,15+/m1/s1. The van der Waals surface area contributed by atoms with Gasteiger partial charge in [0.1, 0.15) is 6.10 Å². The van der Waals surface area contributed by atoms with Gasteiger partial charge in [0.05, 0.1) is 11.5 Å². The number of carbonyl (C=O) groups excluding carboxylic acids is 1. The maximum atomic E-state index is 12.0. The highest BCUT2D eigenvalue weighted by Crippen LogP contribution is 2.46. The summed E-state index contributed by atoms with van der Waals surface area (Å²) >= 11 is 0. The largest absolute Gasteiger partial charge is 0.460 e. The number of hydrazine groups is 1. The summed E-state index contributed by atoms with van der Waals surface area (Å²) in [4.78, 5) is 12.0. The molecule has 1 saturated carbocycles. The number of carbonyl (C=O) groups is 1. The third-order valence-corrected chi connectivity index (χ3v) is 4.99. The number of unbranched alkanes of at least 4 members (excludes halogenated alkanes) is 2. The molecule has 2 aliphatic rings. The normalized spacial score (nSPS) is 38.1. The highest BCUT2D eigenvalue weighted by Gasteiger charge is 2.57. The zero-order chi connectivity index (χ0) is 13.9. The van der Waals surface area contributed by atoms with E-state index in [4.69, 9.17) is 4.74 Å². The molecule has 0 radical (unpaired) electrons. The van der Waals surface area contributed by atoms with Crippen molar-refractivity contribution in [2.24, 2.45) is 11.8 Å². The number of hydrogen-bond acceptors (Lipinski definition) is 4. The highest BCUT2D eigenvalue weighted by molar-refractivity contribution is 5.77. The van der Waals surface area contributed by atoms with Crippen molar-refractivity contribution in [2.75, 3.05) is 7.05 Å². The molecule has 0 spiro atoms. The topological polar surface area (TPSA) is 50.4 Å². The third-order valence-electron chi connectivity index (χ3n) is 4.99. The summed E-state index contributed by atoms with van der Waals surface area (Å²) in [6.45, 7) is 4.27. The Balaban J connectivity index is 2.04. The van der Waals surface area contributed by atoms with Crippen molar-refractivity contribution in [1.82, 2.24) is 10.9 Å². The van der Waals surface area contributed by atoms with Crippen molar-refractivity contribution in [3.05, 3.63) is 0 Å². The van der Waals surface area contributed by atoms with E-state index < -0.39 is 0 Å². The van der Waals surface area contributed by atoms with Gasteiger partial charge in [-0.15, -0.1) is 0 Å². The Bertz CT molecular complexity index is 321. The summed E-state index contributed by atoms with van der Waals surface area (Å²) in [6, 6.07) is 0. The number of rotatable bonds is 6. The second-order valence-corrected chi connectivity index (χ2v) is 6.19. The zero-order valence-corrected chi connectivity index (χ0v) is 12.5. The number of hydrogen-bond donors (Lipinski definition) is 2. The van der Waals surface area contributed by atoms with E-state index in [9.17, 15) is 4.79 Å². The first-order chi connectivity index (χ1) is 9.14. The zero-order valence-electron chi connectivity index (χ0n) is 12.5. The van der Waals surface area contributed by atoms with E-state index in [1.165, 1.54) is 32.1 Å². The van der Waals surface area contributed by atoms with Crippen molar-refractivity contribution in [1.29, 1.82) is 0 Å². The van der Waals surface area contributed by atoms with Crippen molar-refractivity contribution in [3.8, 4) is 0 Å². The molecular formula is C15H28N2O2. The van der Waals surface area contributed by atoms with Crippen LogP contribution >= 0.6 is 0 Å². The first-order valence-corrected chi connectivity index (χ1v) is 7.78. The molecule has 0 bridgehead atoms. The molecule has 4 nitrogen and oxygen atoms in total. The Kier molecular flexibility index (Phi) is 4.85. The van der Waals surface area contributed by atoms with E-state index in [1.807, 2.05) is 14.0 Å². The van der Waals surface area contributed by atoms with Crippen molar-refractivity contribution < 1.29 is 9.53 Å². The van der Waals surface area contributed by atoms with Gasteiger partial charge in [-0.3, -0.25) is 10.2 Å². The SMILES string of the molecule is CCCCCC1CC[C@H]2C(=O)O[C@H](C)[C@@]2(NNC)C1. The van der Waals surface area contributed by atoms with Crippen LogP contribution in [0.25, 0.3) is 0 Å². The van der Waals surface area contributed by atoms with Gasteiger partial charge in [0.15, 0.2) is 0 Å². The van der Waals surface area contributed by atoms with Gasteiger partial charge >= 0.3 is 5.97 Å². The van der Waals surface area contributed by atoms with Crippen LogP contribution in [0, 0.1) is 11.8 Å². The fourth-order valence-corrected chi connectivity index (χ4v) is 3.92. The Morgan fingerprint density at radius 2 is 2.16 bits per heavy atom. The van der Waals surface area contributed by atoms with Gasteiger partial charge in [-0.1, -0.05) is 32.6 Å². The predicted octanol–water partition coefficient (Wildman–Crippen LogP) is 2.39. The molecular weight excluding hydrogens is 240 g/mol. The highest BCUT2D eigenvalue weighted by atomic mass is 16.6. The lowest BCUT2D eigenvalue weighted by Gasteiger charge is -2.43. The van der Waals surface area contributed by atoms with Gasteiger partial charge in [0, 0.05) is 0 Å². The van der Waals surface area contributed by atoms with Gasteiger partial charge in [-0.2, -0.15) is 0 Å². The molecule has 1 unspecified atom stereocenters. The van der Waals surface area contributed by atoms with Gasteiger partial charge in [-0.05, 0) is 39.2 Å². The van der Waals surface area contributed by atoms with Crippen molar-refractivity contribution >= 4 is 5.97 Å². The maximum absolute atomic E-state index is 12.0. The maximum Gasteiger partial charge on any atom is 0.311 e. The predicted molar refractivity (Wildman–Crippen MR) is 75.5 cm³/mol. The minimum atomic E-state index is -0.193. The van der Waals surface area contributed by atoms with Gasteiger partial charge < -0.3 is 4.74 Å². The Hall–Kier alpha value is -0.610. The summed E-state index contributed by atoms with van der Waals surface area (Å²) in [6.07, 6.45) is 8.34. The molecule has 4 atom stereocenters. The van der Waals surface area contributed by atoms with E-state index in [-0.39, 0.29) is 23.5 Å². The molecule has 2 fully saturated rings. The second kappa shape index (κ2) is 6.23. The Morgan fingerprint density at radius 1 is 1.37 bits per heavy atom. The number of esters is 1. The smallest absolute Gasteiger partial charge is 0.311 e. The molecule has 0 aromatic heterocycles. The van der Waals surface area contributed by atoms with E-state index in [1.54, 1.807) is 0 Å². The molecule has 0 amide bonds. The van der Waals surface area contributed by atoms with Gasteiger partial charge in [0.25, 0.3) is 0 Å². The molecule has 1 heterocycles. The van der Waals surface area contributed by atoms with Crippen LogP contribution in [0.15, 0.2) is 0 Å². The molecule has 1 saturated heterocycles. The molecule has 110 valence electrons. The molecule has 0 aromatic rings. The van der Waals surface area contributed by atoms with Crippen LogP contribution in [0.3, 0.4) is 0 Å². The van der Waals surface area contributed by atoms with Crippen molar-refractivity contribution in [3.63, 3.8) is 0 Å². The molecule has 1 aliphatic carbocycles. The first-order valence-electron chi connectivity index (χ1n) is 7.78. The molecule has 2 rings (SSSR count). The van der Waals surface area contributed by atoms with Crippen LogP contribution in [-0.2, 0) is 9.53 Å². The minimum Gasteiger partial charge on any atom is -0.460 e. The Labute approximate surface area is 116 Å². The van der Waals surface area contributed by atoms with Crippen LogP contribution in [0.1, 0.15) is 58.8 Å². The summed E-state index contributed by atoms with van der Waals surface area (Å²) in [5.74, 6) is 0.736. The summed E-state index contributed by atoms with van der Waals surface area (Å²) in [5, 5.41) is 0. The molecule has 19 heavy (non-hydrogen) atoms. The van der Waals surface area contributed by atoms with E-state index in [0.717, 1.165) is 18.8 Å². The first kappa shape index (κ1) is 14.8. The fraction of sp³-hybridized carbons (Fsp3) is 0.933. The van der Waals surface area contributed by atoms with Crippen LogP contribution in [0.5, 0.6) is 0 Å². The van der Waals surface area contributed by atoms with Crippen LogP contribution in [0.2, 0.25) is 0 Å². The van der Waals surface area contributed by atoms with Crippen LogP contribution in [-0.4, -0.2) is 24.7 Å². The average Bonchev–Trinajstić information content (AvgIpc) is 2.62. The molecule has 0 aromatic carbocycles. The lowest BCUT2D eigenvalue weighted by Crippen LogP contribution is -2.61. The molecule has 2 N–H and O–H groups in total. The molecule has 1 aliphatic heterocycles. The number of ether oxygens (including phenoxy) is 1. The van der Waals surface area contributed by atoms with Crippen LogP contribution in [0.4, 0.5) is 0 Å². The van der Waals surface area contributed by atoms with Crippen LogP contribution < -0.4 is 10.9 Å². The monoisotopic (exact) mass is 268 g/mol. The average molecular weight is 268 g/mol. The third kappa shape index (κ3) is 2.79. The van der Waals surface area contributed by atoms with E-state index in [2.05, 4.69) is 17.8 Å².